The molecule has 0 saturated carbocycles. The van der Waals surface area contributed by atoms with Gasteiger partial charge in [0, 0.05) is 11.5 Å². The zero-order chi connectivity index (χ0) is 16.1. The minimum Gasteiger partial charge on any atom is -0.327 e. The molecule has 1 nitrogen and oxygen atoms in total. The molecule has 116 valence electrons. The van der Waals surface area contributed by atoms with Gasteiger partial charge in [0.15, 0.2) is 0 Å². The topological polar surface area (TPSA) is 26.0 Å². The van der Waals surface area contributed by atoms with Gasteiger partial charge < -0.3 is 5.73 Å². The molecule has 0 heterocycles. The quantitative estimate of drug-likeness (QED) is 0.734. The van der Waals surface area contributed by atoms with Crippen molar-refractivity contribution in [2.75, 3.05) is 0 Å². The summed E-state index contributed by atoms with van der Waals surface area (Å²) in [4.78, 5) is 0. The molecule has 0 bridgehead atoms. The standard InChI is InChI=1S/C22H23N/c1-18(23)22(20-13-7-3-8-14-20,21-15-9-4-10-16-21)17-19-11-5-2-6-12-19/h2-16,18H,17,23H2,1H3. The van der Waals surface area contributed by atoms with Gasteiger partial charge in [-0.2, -0.15) is 0 Å². The van der Waals surface area contributed by atoms with E-state index in [0.717, 1.165) is 6.42 Å². The maximum absolute atomic E-state index is 6.58. The van der Waals surface area contributed by atoms with Gasteiger partial charge in [-0.25, -0.2) is 0 Å². The lowest BCUT2D eigenvalue weighted by atomic mass is 9.66. The predicted molar refractivity (Wildman–Crippen MR) is 97.5 cm³/mol. The number of nitrogens with two attached hydrogens (primary N) is 1. The van der Waals surface area contributed by atoms with Crippen molar-refractivity contribution in [2.45, 2.75) is 24.8 Å². The third kappa shape index (κ3) is 3.06. The fourth-order valence-electron chi connectivity index (χ4n) is 3.45. The van der Waals surface area contributed by atoms with E-state index in [9.17, 15) is 0 Å². The maximum atomic E-state index is 6.58. The van der Waals surface area contributed by atoms with Crippen molar-refractivity contribution in [3.8, 4) is 0 Å². The van der Waals surface area contributed by atoms with Crippen LogP contribution < -0.4 is 5.73 Å². The van der Waals surface area contributed by atoms with Gasteiger partial charge in [0.2, 0.25) is 0 Å². The van der Waals surface area contributed by atoms with Gasteiger partial charge in [0.1, 0.15) is 0 Å². The summed E-state index contributed by atoms with van der Waals surface area (Å²) in [7, 11) is 0. The lowest BCUT2D eigenvalue weighted by Crippen LogP contribution is -2.46. The SMILES string of the molecule is CC(N)C(Cc1ccccc1)(c1ccccc1)c1ccccc1. The molecule has 3 aromatic carbocycles. The van der Waals surface area contributed by atoms with Gasteiger partial charge >= 0.3 is 0 Å². The Bertz CT molecular complexity index is 678. The average Bonchev–Trinajstić information content (AvgIpc) is 2.62. The van der Waals surface area contributed by atoms with E-state index in [1.165, 1.54) is 16.7 Å². The van der Waals surface area contributed by atoms with E-state index >= 15 is 0 Å². The van der Waals surface area contributed by atoms with Gasteiger partial charge in [-0.3, -0.25) is 0 Å². The van der Waals surface area contributed by atoms with Crippen LogP contribution in [0.1, 0.15) is 23.6 Å². The Kier molecular flexibility index (Phi) is 4.59. The first-order valence-corrected chi connectivity index (χ1v) is 8.14. The van der Waals surface area contributed by atoms with E-state index in [2.05, 4.69) is 97.9 Å². The smallest absolute Gasteiger partial charge is 0.0391 e. The molecule has 0 aromatic heterocycles. The molecule has 1 heteroatoms. The Labute approximate surface area is 138 Å². The van der Waals surface area contributed by atoms with Crippen LogP contribution in [0, 0.1) is 0 Å². The molecular formula is C22H23N. The lowest BCUT2D eigenvalue weighted by molar-refractivity contribution is 0.426. The monoisotopic (exact) mass is 301 g/mol. The van der Waals surface area contributed by atoms with E-state index < -0.39 is 0 Å². The van der Waals surface area contributed by atoms with Crippen LogP contribution in [-0.4, -0.2) is 6.04 Å². The Morgan fingerprint density at radius 3 is 1.48 bits per heavy atom. The van der Waals surface area contributed by atoms with Crippen molar-refractivity contribution < 1.29 is 0 Å². The van der Waals surface area contributed by atoms with Crippen molar-refractivity contribution in [2.24, 2.45) is 5.73 Å². The average molecular weight is 301 g/mol. The Hall–Kier alpha value is -2.38. The molecule has 0 saturated heterocycles. The Balaban J connectivity index is 2.19. The second-order valence-corrected chi connectivity index (χ2v) is 6.15. The molecule has 1 unspecified atom stereocenters. The molecule has 2 N–H and O–H groups in total. The summed E-state index contributed by atoms with van der Waals surface area (Å²) in [6, 6.07) is 31.9. The highest BCUT2D eigenvalue weighted by atomic mass is 14.7. The fourth-order valence-corrected chi connectivity index (χ4v) is 3.45. The molecule has 0 fully saturated rings. The molecule has 0 amide bonds. The number of hydrogen-bond acceptors (Lipinski definition) is 1. The van der Waals surface area contributed by atoms with Gasteiger partial charge in [-0.1, -0.05) is 91.0 Å². The predicted octanol–water partition coefficient (Wildman–Crippen LogP) is 4.56. The van der Waals surface area contributed by atoms with Gasteiger partial charge in [-0.15, -0.1) is 0 Å². The van der Waals surface area contributed by atoms with Crippen LogP contribution in [0.15, 0.2) is 91.0 Å². The van der Waals surface area contributed by atoms with E-state index in [4.69, 9.17) is 5.73 Å². The van der Waals surface area contributed by atoms with Crippen LogP contribution in [0.3, 0.4) is 0 Å². The molecule has 0 aliphatic rings. The lowest BCUT2D eigenvalue weighted by Gasteiger charge is -2.39. The maximum Gasteiger partial charge on any atom is 0.0391 e. The minimum absolute atomic E-state index is 0.00694. The van der Waals surface area contributed by atoms with Crippen LogP contribution in [-0.2, 0) is 11.8 Å². The molecule has 3 rings (SSSR count). The largest absolute Gasteiger partial charge is 0.327 e. The van der Waals surface area contributed by atoms with Crippen LogP contribution in [0.4, 0.5) is 0 Å². The van der Waals surface area contributed by atoms with E-state index in [-0.39, 0.29) is 11.5 Å². The summed E-state index contributed by atoms with van der Waals surface area (Å²) < 4.78 is 0. The molecule has 0 spiro atoms. The summed E-state index contributed by atoms with van der Waals surface area (Å²) in [6.07, 6.45) is 0.888. The van der Waals surface area contributed by atoms with E-state index in [1.807, 2.05) is 0 Å². The van der Waals surface area contributed by atoms with Crippen molar-refractivity contribution in [3.05, 3.63) is 108 Å². The van der Waals surface area contributed by atoms with E-state index in [0.29, 0.717) is 0 Å². The van der Waals surface area contributed by atoms with Crippen molar-refractivity contribution in [1.82, 2.24) is 0 Å². The molecule has 0 radical (unpaired) electrons. The second-order valence-electron chi connectivity index (χ2n) is 6.15. The Morgan fingerprint density at radius 2 is 1.09 bits per heavy atom. The molecule has 0 aliphatic carbocycles. The third-order valence-electron chi connectivity index (χ3n) is 4.68. The van der Waals surface area contributed by atoms with Gasteiger partial charge in [0.25, 0.3) is 0 Å². The summed E-state index contributed by atoms with van der Waals surface area (Å²) in [5.74, 6) is 0. The van der Waals surface area contributed by atoms with Crippen LogP contribution >= 0.6 is 0 Å². The Morgan fingerprint density at radius 1 is 0.696 bits per heavy atom. The summed E-state index contributed by atoms with van der Waals surface area (Å²) in [5, 5.41) is 0. The highest BCUT2D eigenvalue weighted by Crippen LogP contribution is 2.38. The van der Waals surface area contributed by atoms with Crippen LogP contribution in [0.5, 0.6) is 0 Å². The van der Waals surface area contributed by atoms with Crippen LogP contribution in [0.2, 0.25) is 0 Å². The van der Waals surface area contributed by atoms with Crippen molar-refractivity contribution in [3.63, 3.8) is 0 Å². The second kappa shape index (κ2) is 6.80. The molecule has 1 atom stereocenters. The van der Waals surface area contributed by atoms with Gasteiger partial charge in [0.05, 0.1) is 0 Å². The fraction of sp³-hybridized carbons (Fsp3) is 0.182. The van der Waals surface area contributed by atoms with Crippen LogP contribution in [0.25, 0.3) is 0 Å². The first kappa shape index (κ1) is 15.5. The zero-order valence-corrected chi connectivity index (χ0v) is 13.5. The number of rotatable bonds is 5. The molecule has 23 heavy (non-hydrogen) atoms. The van der Waals surface area contributed by atoms with Gasteiger partial charge in [-0.05, 0) is 30.0 Å². The molecule has 3 aromatic rings. The highest BCUT2D eigenvalue weighted by Gasteiger charge is 2.38. The summed E-state index contributed by atoms with van der Waals surface area (Å²) in [6.45, 7) is 2.11. The first-order chi connectivity index (χ1) is 11.2. The molecule has 0 aliphatic heterocycles. The minimum atomic E-state index is -0.232. The number of benzene rings is 3. The highest BCUT2D eigenvalue weighted by molar-refractivity contribution is 5.43. The number of hydrogen-bond donors (Lipinski definition) is 1. The summed E-state index contributed by atoms with van der Waals surface area (Å²) in [5.41, 5.74) is 10.2. The zero-order valence-electron chi connectivity index (χ0n) is 13.5. The third-order valence-corrected chi connectivity index (χ3v) is 4.68. The van der Waals surface area contributed by atoms with E-state index in [1.54, 1.807) is 0 Å². The normalized spacial score (nSPS) is 12.8. The summed E-state index contributed by atoms with van der Waals surface area (Å²) >= 11 is 0. The molecular weight excluding hydrogens is 278 g/mol. The van der Waals surface area contributed by atoms with Crippen molar-refractivity contribution >= 4 is 0 Å². The first-order valence-electron chi connectivity index (χ1n) is 8.14. The van der Waals surface area contributed by atoms with Crippen molar-refractivity contribution in [1.29, 1.82) is 0 Å².